The van der Waals surface area contributed by atoms with Gasteiger partial charge in [0.1, 0.15) is 12.1 Å². The Hall–Kier alpha value is -1.18. The Bertz CT molecular complexity index is 281. The van der Waals surface area contributed by atoms with Crippen molar-refractivity contribution in [1.29, 1.82) is 0 Å². The smallest absolute Gasteiger partial charge is 0.217 e. The molecule has 0 unspecified atom stereocenters. The van der Waals surface area contributed by atoms with Gasteiger partial charge in [0.2, 0.25) is 11.8 Å². The summed E-state index contributed by atoms with van der Waals surface area (Å²) in [6.07, 6.45) is -2.95. The van der Waals surface area contributed by atoms with Gasteiger partial charge in [-0.25, -0.2) is 0 Å². The van der Waals surface area contributed by atoms with Gasteiger partial charge in [-0.05, 0) is 6.92 Å². The molecule has 1 aliphatic rings. The van der Waals surface area contributed by atoms with Crippen molar-refractivity contribution >= 4 is 11.8 Å². The summed E-state index contributed by atoms with van der Waals surface area (Å²) in [6.45, 7) is 4.21. The largest absolute Gasteiger partial charge is 0.389 e. The minimum absolute atomic E-state index is 0.317. The van der Waals surface area contributed by atoms with Crippen LogP contribution in [0.4, 0.5) is 0 Å². The maximum Gasteiger partial charge on any atom is 0.217 e. The van der Waals surface area contributed by atoms with Crippen molar-refractivity contribution < 1.29 is 24.5 Å². The molecule has 1 saturated heterocycles. The number of carbonyl (C=O) groups is 2. The van der Waals surface area contributed by atoms with E-state index in [0.29, 0.717) is 0 Å². The van der Waals surface area contributed by atoms with E-state index in [0.717, 1.165) is 0 Å². The quantitative estimate of drug-likeness (QED) is 0.455. The van der Waals surface area contributed by atoms with Gasteiger partial charge in [-0.3, -0.25) is 9.59 Å². The molecule has 0 radical (unpaired) electrons. The van der Waals surface area contributed by atoms with E-state index < -0.39 is 36.5 Å². The van der Waals surface area contributed by atoms with E-state index in [1.807, 2.05) is 0 Å². The van der Waals surface area contributed by atoms with Gasteiger partial charge >= 0.3 is 0 Å². The number of aliphatic hydroxyl groups excluding tert-OH is 2. The minimum Gasteiger partial charge on any atom is -0.389 e. The number of carbonyl (C=O) groups excluding carboxylic acids is 2. The Labute approximate surface area is 99.1 Å². The van der Waals surface area contributed by atoms with Gasteiger partial charge in [0.15, 0.2) is 6.29 Å². The molecule has 1 fully saturated rings. The summed E-state index contributed by atoms with van der Waals surface area (Å²) in [5, 5.41) is 24.5. The average Bonchev–Trinajstić information content (AvgIpc) is 2.18. The lowest BCUT2D eigenvalue weighted by atomic mass is 9.95. The Kier molecular flexibility index (Phi) is 4.44. The van der Waals surface area contributed by atoms with Gasteiger partial charge in [0.05, 0.1) is 12.1 Å². The normalized spacial score (nSPS) is 37.4. The van der Waals surface area contributed by atoms with Crippen LogP contribution < -0.4 is 10.6 Å². The monoisotopic (exact) mass is 246 g/mol. The summed E-state index contributed by atoms with van der Waals surface area (Å²) in [6, 6.07) is -1.63. The van der Waals surface area contributed by atoms with Crippen LogP contribution in [0.25, 0.3) is 0 Å². The standard InChI is InChI=1S/C10H18N2O5/c1-4-7(11-5(2)13)9(15)8(10(16)17-4)12-6(3)14/h4,7-10,15-16H,1-3H3,(H,11,13)(H,12,14)/t4-,7-,8+,9+,10-/m1/s1. The highest BCUT2D eigenvalue weighted by Crippen LogP contribution is 2.19. The Morgan fingerprint density at radius 1 is 1.06 bits per heavy atom. The van der Waals surface area contributed by atoms with Crippen molar-refractivity contribution in [1.82, 2.24) is 10.6 Å². The molecule has 1 heterocycles. The number of aliphatic hydroxyl groups is 2. The highest BCUT2D eigenvalue weighted by Gasteiger charge is 2.43. The maximum absolute atomic E-state index is 11.0. The third-order valence-corrected chi connectivity index (χ3v) is 2.64. The molecule has 0 aromatic carbocycles. The number of hydrogen-bond donors (Lipinski definition) is 4. The highest BCUT2D eigenvalue weighted by molar-refractivity contribution is 5.74. The van der Waals surface area contributed by atoms with Crippen LogP contribution in [0.5, 0.6) is 0 Å². The SMILES string of the molecule is CC(=O)N[C@H]1[C@@H](O)[C@H](NC(C)=O)[C@@H](C)O[C@H]1O. The van der Waals surface area contributed by atoms with E-state index in [1.165, 1.54) is 13.8 Å². The highest BCUT2D eigenvalue weighted by atomic mass is 16.6. The van der Waals surface area contributed by atoms with Crippen LogP contribution in [0.3, 0.4) is 0 Å². The van der Waals surface area contributed by atoms with Crippen LogP contribution in [-0.2, 0) is 14.3 Å². The molecule has 0 aromatic heterocycles. The molecule has 0 saturated carbocycles. The summed E-state index contributed by atoms with van der Waals surface area (Å²) >= 11 is 0. The van der Waals surface area contributed by atoms with Crippen LogP contribution >= 0.6 is 0 Å². The average molecular weight is 246 g/mol. The van der Waals surface area contributed by atoms with Gasteiger partial charge < -0.3 is 25.6 Å². The zero-order valence-electron chi connectivity index (χ0n) is 10.0. The molecule has 7 nitrogen and oxygen atoms in total. The lowest BCUT2D eigenvalue weighted by Gasteiger charge is -2.42. The molecule has 4 N–H and O–H groups in total. The number of ether oxygens (including phenoxy) is 1. The minimum atomic E-state index is -1.30. The van der Waals surface area contributed by atoms with Gasteiger partial charge in [0.25, 0.3) is 0 Å². The summed E-state index contributed by atoms with van der Waals surface area (Å²) in [7, 11) is 0. The second-order valence-corrected chi connectivity index (χ2v) is 4.17. The lowest BCUT2D eigenvalue weighted by Crippen LogP contribution is -2.66. The van der Waals surface area contributed by atoms with Crippen molar-refractivity contribution in [2.45, 2.75) is 51.4 Å². The fourth-order valence-corrected chi connectivity index (χ4v) is 1.89. The maximum atomic E-state index is 11.0. The first-order chi connectivity index (χ1) is 7.82. The molecule has 0 bridgehead atoms. The molecule has 17 heavy (non-hydrogen) atoms. The predicted molar refractivity (Wildman–Crippen MR) is 57.8 cm³/mol. The summed E-state index contributed by atoms with van der Waals surface area (Å²) in [4.78, 5) is 21.9. The molecule has 5 atom stereocenters. The second-order valence-electron chi connectivity index (χ2n) is 4.17. The topological polar surface area (TPSA) is 108 Å². The van der Waals surface area contributed by atoms with Crippen LogP contribution in [0, 0.1) is 0 Å². The summed E-state index contributed by atoms with van der Waals surface area (Å²) in [5.41, 5.74) is 0. The lowest BCUT2D eigenvalue weighted by molar-refractivity contribution is -0.214. The van der Waals surface area contributed by atoms with Gasteiger partial charge in [-0.15, -0.1) is 0 Å². The third-order valence-electron chi connectivity index (χ3n) is 2.64. The Morgan fingerprint density at radius 3 is 2.00 bits per heavy atom. The van der Waals surface area contributed by atoms with Crippen LogP contribution in [0.1, 0.15) is 20.8 Å². The van der Waals surface area contributed by atoms with E-state index in [1.54, 1.807) is 6.92 Å². The van der Waals surface area contributed by atoms with Crippen molar-refractivity contribution in [3.63, 3.8) is 0 Å². The third kappa shape index (κ3) is 3.39. The van der Waals surface area contributed by atoms with Gasteiger partial charge in [0, 0.05) is 13.8 Å². The van der Waals surface area contributed by atoms with E-state index in [4.69, 9.17) is 4.74 Å². The zero-order valence-corrected chi connectivity index (χ0v) is 10.0. The fourth-order valence-electron chi connectivity index (χ4n) is 1.89. The van der Waals surface area contributed by atoms with E-state index in [2.05, 4.69) is 10.6 Å². The summed E-state index contributed by atoms with van der Waals surface area (Å²) in [5.74, 6) is -0.713. The molecule has 1 aliphatic heterocycles. The molecule has 0 aliphatic carbocycles. The predicted octanol–water partition coefficient (Wildman–Crippen LogP) is -1.91. The number of hydrogen-bond acceptors (Lipinski definition) is 5. The second kappa shape index (κ2) is 5.44. The number of nitrogens with one attached hydrogen (secondary N) is 2. The molecule has 98 valence electrons. The molecule has 2 amide bonds. The van der Waals surface area contributed by atoms with Crippen molar-refractivity contribution in [3.05, 3.63) is 0 Å². The zero-order chi connectivity index (χ0) is 13.2. The molecule has 7 heteroatoms. The number of amides is 2. The molecular weight excluding hydrogens is 228 g/mol. The Balaban J connectivity index is 2.78. The van der Waals surface area contributed by atoms with Crippen molar-refractivity contribution in [3.8, 4) is 0 Å². The van der Waals surface area contributed by atoms with E-state index in [-0.39, 0.29) is 5.91 Å². The van der Waals surface area contributed by atoms with Crippen LogP contribution in [0.2, 0.25) is 0 Å². The van der Waals surface area contributed by atoms with Crippen LogP contribution in [0.15, 0.2) is 0 Å². The fraction of sp³-hybridized carbons (Fsp3) is 0.800. The van der Waals surface area contributed by atoms with Gasteiger partial charge in [-0.2, -0.15) is 0 Å². The first-order valence-corrected chi connectivity index (χ1v) is 5.38. The number of rotatable bonds is 2. The van der Waals surface area contributed by atoms with Gasteiger partial charge in [-0.1, -0.05) is 0 Å². The molecular formula is C10H18N2O5. The molecule has 1 rings (SSSR count). The first-order valence-electron chi connectivity index (χ1n) is 5.38. The van der Waals surface area contributed by atoms with E-state index >= 15 is 0 Å². The van der Waals surface area contributed by atoms with E-state index in [9.17, 15) is 19.8 Å². The summed E-state index contributed by atoms with van der Waals surface area (Å²) < 4.78 is 5.15. The van der Waals surface area contributed by atoms with Crippen molar-refractivity contribution in [2.24, 2.45) is 0 Å². The Morgan fingerprint density at radius 2 is 1.53 bits per heavy atom. The first kappa shape index (κ1) is 13.9. The van der Waals surface area contributed by atoms with Crippen molar-refractivity contribution in [2.75, 3.05) is 0 Å². The molecule has 0 aromatic rings. The van der Waals surface area contributed by atoms with Crippen LogP contribution in [-0.4, -0.2) is 52.6 Å². The molecule has 0 spiro atoms.